The molecular weight excluding hydrogens is 848 g/mol. The molecule has 64 heavy (non-hydrogen) atoms. The molecule has 26 nitrogen and oxygen atoms in total. The first-order chi connectivity index (χ1) is 30.1. The van der Waals surface area contributed by atoms with Crippen LogP contribution in [0.3, 0.4) is 0 Å². The number of carbonyl (C=O) groups is 11. The smallest absolute Gasteiger partial charge is 0.300 e. The minimum Gasteiger partial charge on any atom is -0.481 e. The Labute approximate surface area is 366 Å². The molecule has 0 spiro atoms. The van der Waals surface area contributed by atoms with E-state index in [4.69, 9.17) is 41.2 Å². The van der Waals surface area contributed by atoms with Gasteiger partial charge in [-0.2, -0.15) is 0 Å². The summed E-state index contributed by atoms with van der Waals surface area (Å²) in [4.78, 5) is 140. The quantitative estimate of drug-likeness (QED) is 0.0992. The highest BCUT2D eigenvalue weighted by atomic mass is 16.4. The molecule has 6 heterocycles. The lowest BCUT2D eigenvalue weighted by atomic mass is 10.1. The largest absolute Gasteiger partial charge is 0.481 e. The maximum Gasteiger partial charge on any atom is 0.300 e. The van der Waals surface area contributed by atoms with Crippen molar-refractivity contribution in [1.82, 2.24) is 51.0 Å². The van der Waals surface area contributed by atoms with Gasteiger partial charge in [0.25, 0.3) is 17.9 Å². The molecule has 352 valence electrons. The summed E-state index contributed by atoms with van der Waals surface area (Å²) < 4.78 is 0. The topological polar surface area (TPSA) is 412 Å². The van der Waals surface area contributed by atoms with Crippen LogP contribution in [0.4, 0.5) is 0 Å². The fourth-order valence-electron chi connectivity index (χ4n) is 6.85. The number of amides is 8. The van der Waals surface area contributed by atoms with Gasteiger partial charge in [0, 0.05) is 83.3 Å². The van der Waals surface area contributed by atoms with Gasteiger partial charge in [0.15, 0.2) is 0 Å². The summed E-state index contributed by atoms with van der Waals surface area (Å²) in [7, 11) is 0. The predicted octanol–water partition coefficient (Wildman–Crippen LogP) is -3.34. The van der Waals surface area contributed by atoms with Crippen molar-refractivity contribution in [3.05, 3.63) is 36.4 Å². The summed E-state index contributed by atoms with van der Waals surface area (Å²) in [5, 5.41) is 32.8. The number of nitrogens with two attached hydrogens (primary N) is 2. The molecule has 0 saturated carbocycles. The van der Waals surface area contributed by atoms with Crippen LogP contribution >= 0.6 is 0 Å². The lowest BCUT2D eigenvalue weighted by Gasteiger charge is -2.28. The highest BCUT2D eigenvalue weighted by Crippen LogP contribution is 2.21. The van der Waals surface area contributed by atoms with Crippen LogP contribution < -0.4 is 32.7 Å². The van der Waals surface area contributed by atoms with Gasteiger partial charge in [-0.05, 0) is 38.5 Å². The first-order valence-electron chi connectivity index (χ1n) is 20.0. The zero-order valence-corrected chi connectivity index (χ0v) is 35.5. The third kappa shape index (κ3) is 18.3. The maximum atomic E-state index is 13.0. The zero-order valence-electron chi connectivity index (χ0n) is 35.5. The van der Waals surface area contributed by atoms with Crippen LogP contribution in [0.1, 0.15) is 83.5 Å². The molecule has 2 aromatic heterocycles. The molecule has 13 N–H and O–H groups in total. The number of aliphatic carboxylic acids is 3. The van der Waals surface area contributed by atoms with Crippen molar-refractivity contribution in [2.45, 2.75) is 121 Å². The molecule has 4 fully saturated rings. The van der Waals surface area contributed by atoms with Crippen molar-refractivity contribution in [3.8, 4) is 0 Å². The zero-order chi connectivity index (χ0) is 48.1. The lowest BCUT2D eigenvalue weighted by molar-refractivity contribution is -0.140. The van der Waals surface area contributed by atoms with E-state index in [1.165, 1.54) is 22.5 Å². The van der Waals surface area contributed by atoms with E-state index in [1.807, 2.05) is 0 Å². The number of H-pyrrole nitrogens is 2. The highest BCUT2D eigenvalue weighted by Gasteiger charge is 2.40. The predicted molar refractivity (Wildman–Crippen MR) is 219 cm³/mol. The van der Waals surface area contributed by atoms with E-state index in [0.717, 1.165) is 20.8 Å². The van der Waals surface area contributed by atoms with Crippen LogP contribution in [-0.4, -0.2) is 160 Å². The monoisotopic (exact) mass is 904 g/mol. The van der Waals surface area contributed by atoms with Gasteiger partial charge in [0.05, 0.1) is 12.7 Å². The molecule has 4 saturated heterocycles. The van der Waals surface area contributed by atoms with Crippen LogP contribution in [0.15, 0.2) is 25.0 Å². The first kappa shape index (κ1) is 52.7. The lowest BCUT2D eigenvalue weighted by Crippen LogP contribution is -2.56. The van der Waals surface area contributed by atoms with E-state index < -0.39 is 77.8 Å². The second-order valence-electron chi connectivity index (χ2n) is 14.7. The fourth-order valence-corrected chi connectivity index (χ4v) is 6.85. The van der Waals surface area contributed by atoms with Gasteiger partial charge in [-0.15, -0.1) is 0 Å². The Morgan fingerprint density at radius 1 is 0.641 bits per heavy atom. The summed E-state index contributed by atoms with van der Waals surface area (Å²) >= 11 is 0. The molecule has 6 atom stereocenters. The number of likely N-dealkylation sites (tertiary alicyclic amines) is 2. The Hall–Kier alpha value is -7.41. The van der Waals surface area contributed by atoms with E-state index >= 15 is 0 Å². The number of carbonyl (C=O) groups excluding carboxylic acids is 8. The Balaban J connectivity index is 0.000000352. The molecule has 4 aliphatic heterocycles. The average molecular weight is 905 g/mol. The van der Waals surface area contributed by atoms with Gasteiger partial charge < -0.3 is 67.8 Å². The van der Waals surface area contributed by atoms with Gasteiger partial charge >= 0.3 is 0 Å². The fraction of sp³-hybridized carbons (Fsp3) is 0.553. The molecule has 26 heteroatoms. The molecule has 0 radical (unpaired) electrons. The Kier molecular flexibility index (Phi) is 21.5. The van der Waals surface area contributed by atoms with Crippen molar-refractivity contribution < 1.29 is 68.1 Å². The number of hydrogen-bond acceptors (Lipinski definition) is 13. The van der Waals surface area contributed by atoms with Crippen LogP contribution in [-0.2, 0) is 65.6 Å². The summed E-state index contributed by atoms with van der Waals surface area (Å²) in [6, 6.07) is -4.36. The number of nitrogens with zero attached hydrogens (tertiary/aromatic N) is 4. The van der Waals surface area contributed by atoms with Crippen LogP contribution in [0.5, 0.6) is 0 Å². The standard InChI is InChI=1S/2C16H22N6O4.3C2H4O2/c2*17-14(24)12-2-1-5-22(12)16(26)11(6-9-7-18-8-19-9)21-15(25)10-3-4-13(23)20-10;3*1-2(3)4/h2*7-8,10-12H,1-6H2,(H2,17,24)(H,18,19)(H,20,23)(H,21,25);3*1H3,(H,3,4). The van der Waals surface area contributed by atoms with Gasteiger partial charge in [0.2, 0.25) is 47.3 Å². The van der Waals surface area contributed by atoms with E-state index in [0.29, 0.717) is 63.0 Å². The molecule has 0 aliphatic carbocycles. The van der Waals surface area contributed by atoms with E-state index in [1.54, 1.807) is 12.4 Å². The van der Waals surface area contributed by atoms with Gasteiger partial charge in [-0.3, -0.25) is 52.7 Å². The van der Waals surface area contributed by atoms with Crippen LogP contribution in [0, 0.1) is 0 Å². The molecule has 8 amide bonds. The second kappa shape index (κ2) is 26.2. The third-order valence-electron chi connectivity index (χ3n) is 9.54. The Morgan fingerprint density at radius 2 is 0.969 bits per heavy atom. The number of aromatic amines is 2. The van der Waals surface area contributed by atoms with Crippen LogP contribution in [0.2, 0.25) is 0 Å². The second-order valence-corrected chi connectivity index (χ2v) is 14.7. The molecule has 6 unspecified atom stereocenters. The first-order valence-corrected chi connectivity index (χ1v) is 20.0. The van der Waals surface area contributed by atoms with E-state index in [2.05, 4.69) is 41.2 Å². The van der Waals surface area contributed by atoms with Crippen molar-refractivity contribution in [2.24, 2.45) is 11.5 Å². The molecule has 4 aliphatic rings. The number of nitrogens with one attached hydrogen (secondary N) is 6. The molecule has 0 bridgehead atoms. The summed E-state index contributed by atoms with van der Waals surface area (Å²) in [6.45, 7) is 4.09. The minimum absolute atomic E-state index is 0.185. The third-order valence-corrected chi connectivity index (χ3v) is 9.54. The summed E-state index contributed by atoms with van der Waals surface area (Å²) in [6.07, 6.45) is 10.3. The van der Waals surface area contributed by atoms with Crippen molar-refractivity contribution in [2.75, 3.05) is 13.1 Å². The number of rotatable bonds is 12. The Bertz CT molecular complexity index is 1800. The van der Waals surface area contributed by atoms with Crippen molar-refractivity contribution in [1.29, 1.82) is 0 Å². The van der Waals surface area contributed by atoms with E-state index in [9.17, 15) is 38.4 Å². The minimum atomic E-state index is -0.875. The summed E-state index contributed by atoms with van der Waals surface area (Å²) in [5.41, 5.74) is 12.1. The average Bonchev–Trinajstić information content (AvgIpc) is 4.05. The van der Waals surface area contributed by atoms with Gasteiger partial charge in [0.1, 0.15) is 36.3 Å². The highest BCUT2D eigenvalue weighted by molar-refractivity contribution is 5.97. The molecule has 2 aromatic rings. The number of aromatic nitrogens is 4. The number of carboxylic acid groups (broad SMARTS) is 3. The van der Waals surface area contributed by atoms with Crippen molar-refractivity contribution in [3.63, 3.8) is 0 Å². The number of primary amides is 2. The number of hydrogen-bond donors (Lipinski definition) is 11. The van der Waals surface area contributed by atoms with Crippen LogP contribution in [0.25, 0.3) is 0 Å². The van der Waals surface area contributed by atoms with E-state index in [-0.39, 0.29) is 49.3 Å². The number of carboxylic acids is 3. The molecule has 0 aromatic carbocycles. The molecule has 6 rings (SSSR count). The molecular formula is C38H56N12O14. The SMILES string of the molecule is CC(=O)O.CC(=O)O.CC(=O)O.NC(=O)C1CCCN1C(=O)C(Cc1cnc[nH]1)NC(=O)C1CCC(=O)N1.NC(=O)C1CCCN1C(=O)C(Cc1cnc[nH]1)NC(=O)C1CCC(=O)N1. The van der Waals surface area contributed by atoms with Crippen molar-refractivity contribution >= 4 is 65.2 Å². The normalized spacial score (nSPS) is 20.3. The number of imidazole rings is 2. The van der Waals surface area contributed by atoms with Gasteiger partial charge in [-0.25, -0.2) is 9.97 Å². The summed E-state index contributed by atoms with van der Waals surface area (Å²) in [5.74, 6) is -5.52. The maximum absolute atomic E-state index is 13.0. The Morgan fingerprint density at radius 3 is 1.22 bits per heavy atom. The van der Waals surface area contributed by atoms with Gasteiger partial charge in [-0.1, -0.05) is 0 Å².